The van der Waals surface area contributed by atoms with E-state index in [4.69, 9.17) is 9.94 Å². The lowest BCUT2D eigenvalue weighted by molar-refractivity contribution is -0.135. The van der Waals surface area contributed by atoms with Gasteiger partial charge in [0.15, 0.2) is 0 Å². The summed E-state index contributed by atoms with van der Waals surface area (Å²) in [6, 6.07) is 0. The molecule has 1 heterocycles. The molecule has 0 aromatic heterocycles. The number of nitrogens with zero attached hydrogens (tertiary/aromatic N) is 2. The Morgan fingerprint density at radius 3 is 2.82 bits per heavy atom. The Hall–Kier alpha value is -1.10. The zero-order valence-electron chi connectivity index (χ0n) is 6.44. The van der Waals surface area contributed by atoms with Crippen molar-refractivity contribution >= 4 is 11.9 Å². The molecule has 1 atom stereocenters. The van der Waals surface area contributed by atoms with Crippen LogP contribution in [0.5, 0.6) is 0 Å². The summed E-state index contributed by atoms with van der Waals surface area (Å²) in [5.41, 5.74) is 0. The lowest BCUT2D eigenvalue weighted by Gasteiger charge is -2.14. The van der Waals surface area contributed by atoms with Gasteiger partial charge in [0.1, 0.15) is 6.17 Å². The molecule has 0 amide bonds. The Kier molecular flexibility index (Phi) is 2.09. The van der Waals surface area contributed by atoms with Gasteiger partial charge in [0.05, 0.1) is 0 Å². The first-order valence-corrected chi connectivity index (χ1v) is 3.41. The first kappa shape index (κ1) is 8.00. The Labute approximate surface area is 64.2 Å². The van der Waals surface area contributed by atoms with Gasteiger partial charge in [-0.25, -0.2) is 9.79 Å². The summed E-state index contributed by atoms with van der Waals surface area (Å²) in [6.45, 7) is 4.28. The molecular weight excluding hydrogens is 148 g/mol. The van der Waals surface area contributed by atoms with Gasteiger partial charge >= 0.3 is 11.9 Å². The number of hydrogen-bond acceptors (Lipinski definition) is 4. The first-order valence-electron chi connectivity index (χ1n) is 3.41. The molecule has 0 saturated heterocycles. The van der Waals surface area contributed by atoms with Gasteiger partial charge in [-0.3, -0.25) is 0 Å². The van der Waals surface area contributed by atoms with Crippen LogP contribution in [0.2, 0.25) is 0 Å². The van der Waals surface area contributed by atoms with Crippen molar-refractivity contribution in [3.05, 3.63) is 0 Å². The lowest BCUT2D eigenvalue weighted by atomic mass is 10.5. The third-order valence-corrected chi connectivity index (χ3v) is 1.42. The second kappa shape index (κ2) is 2.87. The molecule has 0 aromatic carbocycles. The van der Waals surface area contributed by atoms with Crippen molar-refractivity contribution in [2.75, 3.05) is 6.54 Å². The highest BCUT2D eigenvalue weighted by Crippen LogP contribution is 2.10. The molecule has 0 radical (unpaired) electrons. The minimum atomic E-state index is -1.12. The maximum atomic E-state index is 10.3. The third kappa shape index (κ3) is 1.48. The minimum Gasteiger partial charge on any atom is -0.474 e. The van der Waals surface area contributed by atoms with Crippen molar-refractivity contribution in [3.63, 3.8) is 0 Å². The fourth-order valence-corrected chi connectivity index (χ4v) is 0.868. The summed E-state index contributed by atoms with van der Waals surface area (Å²) < 4.78 is 0. The second-order valence-electron chi connectivity index (χ2n) is 2.20. The highest BCUT2D eigenvalue weighted by molar-refractivity contribution is 6.31. The second-order valence-corrected chi connectivity index (χ2v) is 2.20. The Balaban J connectivity index is 2.63. The number of aliphatic imine (C=N–C) groups is 1. The molecule has 62 valence electrons. The standard InChI is InChI=1S/C6H10N2O3/c1-3-8-4(2)7-5(11-8)6(9)10/h4H,3H2,1-2H3,(H,9,10). The molecule has 1 aliphatic rings. The molecule has 5 nitrogen and oxygen atoms in total. The van der Waals surface area contributed by atoms with Crippen molar-refractivity contribution in [3.8, 4) is 0 Å². The number of carbonyl (C=O) groups is 1. The highest BCUT2D eigenvalue weighted by atomic mass is 16.7. The third-order valence-electron chi connectivity index (χ3n) is 1.42. The van der Waals surface area contributed by atoms with Crippen LogP contribution in [0.25, 0.3) is 0 Å². The zero-order valence-corrected chi connectivity index (χ0v) is 6.44. The van der Waals surface area contributed by atoms with Gasteiger partial charge < -0.3 is 9.94 Å². The number of aliphatic carboxylic acids is 1. The SMILES string of the molecule is CCN1OC(C(=O)O)=NC1C. The number of carboxylic acids is 1. The molecule has 1 unspecified atom stereocenters. The van der Waals surface area contributed by atoms with E-state index in [9.17, 15) is 4.79 Å². The van der Waals surface area contributed by atoms with E-state index in [-0.39, 0.29) is 12.1 Å². The molecule has 0 fully saturated rings. The number of hydroxylamine groups is 2. The van der Waals surface area contributed by atoms with Crippen LogP contribution in [0.4, 0.5) is 0 Å². The monoisotopic (exact) mass is 158 g/mol. The summed E-state index contributed by atoms with van der Waals surface area (Å²) >= 11 is 0. The number of rotatable bonds is 2. The normalized spacial score (nSPS) is 24.5. The summed E-state index contributed by atoms with van der Waals surface area (Å²) in [4.78, 5) is 19.0. The van der Waals surface area contributed by atoms with Gasteiger partial charge in [-0.1, -0.05) is 0 Å². The Morgan fingerprint density at radius 2 is 2.55 bits per heavy atom. The molecular formula is C6H10N2O3. The van der Waals surface area contributed by atoms with Gasteiger partial charge in [0, 0.05) is 6.54 Å². The average molecular weight is 158 g/mol. The van der Waals surface area contributed by atoms with Crippen LogP contribution in [0.3, 0.4) is 0 Å². The summed E-state index contributed by atoms with van der Waals surface area (Å²) in [6.07, 6.45) is -0.189. The van der Waals surface area contributed by atoms with Crippen molar-refractivity contribution in [2.24, 2.45) is 4.99 Å². The van der Waals surface area contributed by atoms with E-state index in [1.165, 1.54) is 5.06 Å². The summed E-state index contributed by atoms with van der Waals surface area (Å²) in [5.74, 6) is -1.34. The van der Waals surface area contributed by atoms with Crippen molar-refractivity contribution < 1.29 is 14.7 Å². The smallest absolute Gasteiger partial charge is 0.393 e. The zero-order chi connectivity index (χ0) is 8.43. The van der Waals surface area contributed by atoms with Crippen LogP contribution < -0.4 is 0 Å². The van der Waals surface area contributed by atoms with Gasteiger partial charge in [0.2, 0.25) is 0 Å². The van der Waals surface area contributed by atoms with Crippen LogP contribution in [0, 0.1) is 0 Å². The number of hydrogen-bond donors (Lipinski definition) is 1. The fraction of sp³-hybridized carbons (Fsp3) is 0.667. The maximum absolute atomic E-state index is 10.3. The van der Waals surface area contributed by atoms with E-state index >= 15 is 0 Å². The molecule has 0 aliphatic carbocycles. The molecule has 11 heavy (non-hydrogen) atoms. The van der Waals surface area contributed by atoms with Crippen molar-refractivity contribution in [2.45, 2.75) is 20.0 Å². The highest BCUT2D eigenvalue weighted by Gasteiger charge is 2.27. The molecule has 1 rings (SSSR count). The van der Waals surface area contributed by atoms with E-state index in [0.717, 1.165) is 0 Å². The molecule has 0 aromatic rings. The van der Waals surface area contributed by atoms with Gasteiger partial charge in [0.25, 0.3) is 0 Å². The predicted molar refractivity (Wildman–Crippen MR) is 38.0 cm³/mol. The largest absolute Gasteiger partial charge is 0.474 e. The molecule has 1 N–H and O–H groups in total. The molecule has 0 spiro atoms. The fourth-order valence-electron chi connectivity index (χ4n) is 0.868. The summed E-state index contributed by atoms with van der Waals surface area (Å²) in [7, 11) is 0. The van der Waals surface area contributed by atoms with Crippen molar-refractivity contribution in [1.82, 2.24) is 5.06 Å². The number of carboxylic acid groups (broad SMARTS) is 1. The van der Waals surface area contributed by atoms with E-state index in [1.807, 2.05) is 6.92 Å². The first-order chi connectivity index (χ1) is 5.15. The molecule has 1 aliphatic heterocycles. The predicted octanol–water partition coefficient (Wildman–Crippen LogP) is 0.0826. The minimum absolute atomic E-state index is 0.189. The van der Waals surface area contributed by atoms with Gasteiger partial charge in [-0.15, -0.1) is 5.06 Å². The Morgan fingerprint density at radius 1 is 1.91 bits per heavy atom. The quantitative estimate of drug-likeness (QED) is 0.618. The van der Waals surface area contributed by atoms with Crippen LogP contribution >= 0.6 is 0 Å². The van der Waals surface area contributed by atoms with Crippen LogP contribution in [-0.2, 0) is 9.63 Å². The van der Waals surface area contributed by atoms with E-state index in [2.05, 4.69) is 4.99 Å². The molecule has 0 bridgehead atoms. The van der Waals surface area contributed by atoms with Crippen LogP contribution in [0.15, 0.2) is 4.99 Å². The van der Waals surface area contributed by atoms with Crippen LogP contribution in [-0.4, -0.2) is 34.7 Å². The molecule has 0 saturated carbocycles. The van der Waals surface area contributed by atoms with E-state index in [0.29, 0.717) is 6.54 Å². The van der Waals surface area contributed by atoms with E-state index in [1.54, 1.807) is 6.92 Å². The average Bonchev–Trinajstić information content (AvgIpc) is 2.31. The lowest BCUT2D eigenvalue weighted by Crippen LogP contribution is -2.28. The summed E-state index contributed by atoms with van der Waals surface area (Å²) in [5, 5.41) is 9.97. The topological polar surface area (TPSA) is 62.1 Å². The van der Waals surface area contributed by atoms with E-state index < -0.39 is 5.97 Å². The Bertz CT molecular complexity index is 202. The maximum Gasteiger partial charge on any atom is 0.393 e. The molecule has 5 heteroatoms. The van der Waals surface area contributed by atoms with Gasteiger partial charge in [-0.05, 0) is 13.8 Å². The van der Waals surface area contributed by atoms with Crippen molar-refractivity contribution in [1.29, 1.82) is 0 Å². The van der Waals surface area contributed by atoms with Crippen LogP contribution in [0.1, 0.15) is 13.8 Å². The van der Waals surface area contributed by atoms with Gasteiger partial charge in [-0.2, -0.15) is 0 Å².